The van der Waals surface area contributed by atoms with Crippen molar-refractivity contribution in [3.8, 4) is 28.7 Å². The summed E-state index contributed by atoms with van der Waals surface area (Å²) in [6, 6.07) is 7.39. The number of amides is 1. The van der Waals surface area contributed by atoms with Gasteiger partial charge in [-0.2, -0.15) is 0 Å². The van der Waals surface area contributed by atoms with Crippen molar-refractivity contribution >= 4 is 44.8 Å². The van der Waals surface area contributed by atoms with Gasteiger partial charge in [0.25, 0.3) is 5.22 Å². The molecule has 3 rings (SSSR count). The molecule has 13 heteroatoms. The number of sulfone groups is 1. The Kier molecular flexibility index (Phi) is 7.72. The summed E-state index contributed by atoms with van der Waals surface area (Å²) < 4.78 is 45.0. The lowest BCUT2D eigenvalue weighted by Crippen LogP contribution is -2.14. The Hall–Kier alpha value is -2.96. The molecule has 1 aromatic heterocycles. The number of anilines is 1. The van der Waals surface area contributed by atoms with E-state index in [2.05, 4.69) is 15.5 Å². The smallest absolute Gasteiger partial charge is 0.277 e. The lowest BCUT2D eigenvalue weighted by atomic mass is 10.2. The minimum Gasteiger partial charge on any atom is -0.493 e. The van der Waals surface area contributed by atoms with Gasteiger partial charge in [-0.25, -0.2) is 8.42 Å². The third kappa shape index (κ3) is 5.89. The van der Waals surface area contributed by atoms with Gasteiger partial charge in [-0.05, 0) is 30.3 Å². The van der Waals surface area contributed by atoms with E-state index in [-0.39, 0.29) is 32.5 Å². The van der Waals surface area contributed by atoms with E-state index in [1.807, 2.05) is 0 Å². The van der Waals surface area contributed by atoms with E-state index in [4.69, 9.17) is 30.2 Å². The minimum absolute atomic E-state index is 0.0433. The average molecular weight is 514 g/mol. The zero-order chi connectivity index (χ0) is 24.2. The van der Waals surface area contributed by atoms with E-state index in [0.717, 1.165) is 18.0 Å². The molecule has 176 valence electrons. The first-order valence-electron chi connectivity index (χ1n) is 9.22. The predicted octanol–water partition coefficient (Wildman–Crippen LogP) is 3.55. The number of thioether (sulfide) groups is 1. The summed E-state index contributed by atoms with van der Waals surface area (Å²) in [6.45, 7) is 0. The van der Waals surface area contributed by atoms with Gasteiger partial charge in [-0.15, -0.1) is 10.2 Å². The Morgan fingerprint density at radius 2 is 1.76 bits per heavy atom. The van der Waals surface area contributed by atoms with Crippen molar-refractivity contribution in [1.82, 2.24) is 10.2 Å². The van der Waals surface area contributed by atoms with Crippen molar-refractivity contribution in [2.45, 2.75) is 10.1 Å². The number of nitrogens with one attached hydrogen (secondary N) is 1. The molecular weight excluding hydrogens is 494 g/mol. The normalized spacial score (nSPS) is 11.2. The van der Waals surface area contributed by atoms with Crippen LogP contribution in [-0.2, 0) is 14.6 Å². The van der Waals surface area contributed by atoms with Gasteiger partial charge in [0.15, 0.2) is 21.3 Å². The Balaban J connectivity index is 1.70. The van der Waals surface area contributed by atoms with Crippen molar-refractivity contribution in [2.75, 3.05) is 38.7 Å². The van der Waals surface area contributed by atoms with Crippen LogP contribution in [-0.4, -0.2) is 57.9 Å². The minimum atomic E-state index is -3.45. The summed E-state index contributed by atoms with van der Waals surface area (Å²) in [5.41, 5.74) is 0.728. The molecule has 10 nitrogen and oxygen atoms in total. The lowest BCUT2D eigenvalue weighted by Gasteiger charge is -2.12. The largest absolute Gasteiger partial charge is 0.493 e. The van der Waals surface area contributed by atoms with E-state index in [9.17, 15) is 13.2 Å². The summed E-state index contributed by atoms with van der Waals surface area (Å²) >= 11 is 7.07. The van der Waals surface area contributed by atoms with Crippen molar-refractivity contribution in [3.63, 3.8) is 0 Å². The van der Waals surface area contributed by atoms with Gasteiger partial charge >= 0.3 is 0 Å². The van der Waals surface area contributed by atoms with Gasteiger partial charge in [0, 0.05) is 11.8 Å². The first kappa shape index (κ1) is 24.7. The standard InChI is InChI=1S/C20H20ClN3O7S2/c1-28-15-7-11(8-16(29-2)18(15)30-3)19-23-24-20(31-19)32-10-17(25)22-14-9-12(33(4,26)27)5-6-13(14)21/h5-9H,10H2,1-4H3,(H,22,25). The molecule has 1 heterocycles. The zero-order valence-electron chi connectivity index (χ0n) is 18.0. The number of methoxy groups -OCH3 is 3. The number of benzene rings is 2. The highest BCUT2D eigenvalue weighted by molar-refractivity contribution is 7.99. The SMILES string of the molecule is COc1cc(-c2nnc(SCC(=O)Nc3cc(S(C)(=O)=O)ccc3Cl)o2)cc(OC)c1OC. The summed E-state index contributed by atoms with van der Waals surface area (Å²) in [4.78, 5) is 12.4. The molecule has 3 aromatic rings. The predicted molar refractivity (Wildman–Crippen MR) is 123 cm³/mol. The number of hydrogen-bond donors (Lipinski definition) is 1. The zero-order valence-corrected chi connectivity index (χ0v) is 20.4. The molecule has 0 saturated heterocycles. The fraction of sp³-hybridized carbons (Fsp3) is 0.250. The molecule has 0 unspecified atom stereocenters. The first-order chi connectivity index (χ1) is 15.7. The van der Waals surface area contributed by atoms with Crippen molar-refractivity contribution < 1.29 is 31.8 Å². The van der Waals surface area contributed by atoms with Crippen LogP contribution in [0.1, 0.15) is 0 Å². The number of rotatable bonds is 9. The van der Waals surface area contributed by atoms with Crippen LogP contribution in [0, 0.1) is 0 Å². The second-order valence-corrected chi connectivity index (χ2v) is 9.89. The average Bonchev–Trinajstić information content (AvgIpc) is 3.26. The fourth-order valence-electron chi connectivity index (χ4n) is 2.73. The number of carbonyl (C=O) groups is 1. The number of hydrogen-bond acceptors (Lipinski definition) is 10. The molecule has 0 radical (unpaired) electrons. The maximum Gasteiger partial charge on any atom is 0.277 e. The van der Waals surface area contributed by atoms with E-state index >= 15 is 0 Å². The summed E-state index contributed by atoms with van der Waals surface area (Å²) in [7, 11) is 1.04. The van der Waals surface area contributed by atoms with Gasteiger partial charge in [-0.3, -0.25) is 4.79 Å². The van der Waals surface area contributed by atoms with Crippen LogP contribution in [0.15, 0.2) is 44.9 Å². The summed E-state index contributed by atoms with van der Waals surface area (Å²) in [6.07, 6.45) is 1.07. The van der Waals surface area contributed by atoms with Crippen LogP contribution in [0.25, 0.3) is 11.5 Å². The van der Waals surface area contributed by atoms with Crippen molar-refractivity contribution in [1.29, 1.82) is 0 Å². The highest BCUT2D eigenvalue weighted by Gasteiger charge is 2.18. The van der Waals surface area contributed by atoms with Crippen LogP contribution in [0.4, 0.5) is 5.69 Å². The number of aromatic nitrogens is 2. The monoisotopic (exact) mass is 513 g/mol. The Morgan fingerprint density at radius 3 is 2.33 bits per heavy atom. The molecule has 0 bridgehead atoms. The van der Waals surface area contributed by atoms with Crippen molar-refractivity contribution in [2.24, 2.45) is 0 Å². The van der Waals surface area contributed by atoms with E-state index in [1.54, 1.807) is 12.1 Å². The molecule has 0 aliphatic carbocycles. The molecule has 0 saturated carbocycles. The van der Waals surface area contributed by atoms with Crippen LogP contribution >= 0.6 is 23.4 Å². The molecule has 1 amide bonds. The topological polar surface area (TPSA) is 130 Å². The molecular formula is C20H20ClN3O7S2. The van der Waals surface area contributed by atoms with E-state index in [1.165, 1.54) is 39.5 Å². The lowest BCUT2D eigenvalue weighted by molar-refractivity contribution is -0.113. The van der Waals surface area contributed by atoms with Crippen LogP contribution < -0.4 is 19.5 Å². The molecule has 0 atom stereocenters. The van der Waals surface area contributed by atoms with Gasteiger partial charge in [0.1, 0.15) is 0 Å². The molecule has 33 heavy (non-hydrogen) atoms. The molecule has 0 fully saturated rings. The third-order valence-electron chi connectivity index (χ3n) is 4.28. The molecule has 0 aliphatic rings. The van der Waals surface area contributed by atoms with E-state index < -0.39 is 15.7 Å². The fourth-order valence-corrected chi connectivity index (χ4v) is 4.11. The summed E-state index contributed by atoms with van der Waals surface area (Å²) in [5, 5.41) is 10.9. The van der Waals surface area contributed by atoms with Crippen LogP contribution in [0.5, 0.6) is 17.2 Å². The number of nitrogens with zero attached hydrogens (tertiary/aromatic N) is 2. The van der Waals surface area contributed by atoms with Crippen molar-refractivity contribution in [3.05, 3.63) is 35.4 Å². The maximum absolute atomic E-state index is 12.3. The van der Waals surface area contributed by atoms with Crippen LogP contribution in [0.2, 0.25) is 5.02 Å². The summed E-state index contributed by atoms with van der Waals surface area (Å²) in [5.74, 6) is 0.962. The number of ether oxygens (including phenoxy) is 3. The van der Waals surface area contributed by atoms with Gasteiger partial charge in [0.2, 0.25) is 17.5 Å². The maximum atomic E-state index is 12.3. The highest BCUT2D eigenvalue weighted by Crippen LogP contribution is 2.41. The molecule has 2 aromatic carbocycles. The third-order valence-corrected chi connectivity index (χ3v) is 6.54. The highest BCUT2D eigenvalue weighted by atomic mass is 35.5. The van der Waals surface area contributed by atoms with Crippen LogP contribution in [0.3, 0.4) is 0 Å². The van der Waals surface area contributed by atoms with Gasteiger partial charge in [-0.1, -0.05) is 23.4 Å². The second-order valence-electron chi connectivity index (χ2n) is 6.54. The molecule has 0 aliphatic heterocycles. The van der Waals surface area contributed by atoms with Gasteiger partial charge < -0.3 is 23.9 Å². The molecule has 0 spiro atoms. The second kappa shape index (κ2) is 10.3. The number of carbonyl (C=O) groups excluding carboxylic acids is 1. The quantitative estimate of drug-likeness (QED) is 0.424. The Bertz CT molecular complexity index is 1250. The molecule has 1 N–H and O–H groups in total. The van der Waals surface area contributed by atoms with E-state index in [0.29, 0.717) is 22.8 Å². The Labute approximate surface area is 199 Å². The van der Waals surface area contributed by atoms with Gasteiger partial charge in [0.05, 0.1) is 42.7 Å². The Morgan fingerprint density at radius 1 is 1.09 bits per heavy atom. The number of halogens is 1. The first-order valence-corrected chi connectivity index (χ1v) is 12.5.